The summed E-state index contributed by atoms with van der Waals surface area (Å²) in [4.78, 5) is 11.3. The van der Waals surface area contributed by atoms with E-state index >= 15 is 0 Å². The lowest BCUT2D eigenvalue weighted by Crippen LogP contribution is -2.42. The van der Waals surface area contributed by atoms with Crippen LogP contribution in [-0.2, 0) is 4.79 Å². The maximum Gasteiger partial charge on any atom is 0.226 e. The molecule has 0 fully saturated rings. The lowest BCUT2D eigenvalue weighted by Gasteiger charge is -2.20. The average molecular weight is 168 g/mol. The van der Waals surface area contributed by atoms with Crippen molar-refractivity contribution in [1.29, 1.82) is 0 Å². The van der Waals surface area contributed by atoms with E-state index in [0.717, 1.165) is 0 Å². The minimum absolute atomic E-state index is 0.0414. The van der Waals surface area contributed by atoms with Gasteiger partial charge >= 0.3 is 0 Å². The zero-order valence-electron chi connectivity index (χ0n) is 7.68. The van der Waals surface area contributed by atoms with Crippen molar-refractivity contribution in [1.82, 2.24) is 5.32 Å². The van der Waals surface area contributed by atoms with E-state index in [1.54, 1.807) is 13.8 Å². The third-order valence-corrected chi connectivity index (χ3v) is 1.68. The molecule has 0 rings (SSSR count). The molecule has 0 aromatic heterocycles. The Morgan fingerprint density at radius 2 is 2.25 bits per heavy atom. The van der Waals surface area contributed by atoms with Crippen molar-refractivity contribution >= 4 is 5.91 Å². The molecule has 0 saturated carbocycles. The maximum atomic E-state index is 11.3. The Labute approximate surface area is 73.7 Å². The molecule has 0 aliphatic rings. The number of carbonyl (C=O) groups is 1. The van der Waals surface area contributed by atoms with Gasteiger partial charge in [-0.1, -0.05) is 0 Å². The molecule has 0 unspecified atom stereocenters. The number of nitrogens with one attached hydrogen (secondary N) is 1. The quantitative estimate of drug-likeness (QED) is 0.462. The Morgan fingerprint density at radius 3 is 2.67 bits per heavy atom. The summed E-state index contributed by atoms with van der Waals surface area (Å²) in [6.45, 7) is 4.48. The van der Waals surface area contributed by atoms with Crippen molar-refractivity contribution in [2.75, 3.05) is 13.1 Å². The van der Waals surface area contributed by atoms with Gasteiger partial charge in [-0.25, -0.2) is 0 Å². The summed E-state index contributed by atoms with van der Waals surface area (Å²) in [5, 5.41) is 2.71. The first-order valence-electron chi connectivity index (χ1n) is 3.96. The van der Waals surface area contributed by atoms with E-state index in [9.17, 15) is 4.79 Å². The molecule has 3 heteroatoms. The molecule has 0 aromatic carbocycles. The zero-order chi connectivity index (χ0) is 9.61. The van der Waals surface area contributed by atoms with Crippen LogP contribution in [0.3, 0.4) is 0 Å². The van der Waals surface area contributed by atoms with Gasteiger partial charge in [-0.05, 0) is 13.8 Å². The van der Waals surface area contributed by atoms with Gasteiger partial charge in [0.25, 0.3) is 0 Å². The molecule has 0 atom stereocenters. The largest absolute Gasteiger partial charge is 0.355 e. The molecule has 68 valence electrons. The molecule has 0 radical (unpaired) electrons. The minimum Gasteiger partial charge on any atom is -0.355 e. The van der Waals surface area contributed by atoms with Crippen LogP contribution in [0.5, 0.6) is 0 Å². The summed E-state index contributed by atoms with van der Waals surface area (Å²) in [6, 6.07) is 0. The van der Waals surface area contributed by atoms with Crippen molar-refractivity contribution < 1.29 is 4.79 Å². The number of carbonyl (C=O) groups excluding carboxylic acids is 1. The Morgan fingerprint density at radius 1 is 1.67 bits per heavy atom. The van der Waals surface area contributed by atoms with Crippen LogP contribution in [0.2, 0.25) is 0 Å². The summed E-state index contributed by atoms with van der Waals surface area (Å²) >= 11 is 0. The molecule has 3 nitrogen and oxygen atoms in total. The Balaban J connectivity index is 3.81. The van der Waals surface area contributed by atoms with Crippen LogP contribution in [0.4, 0.5) is 0 Å². The van der Waals surface area contributed by atoms with Gasteiger partial charge in [0.1, 0.15) is 0 Å². The molecule has 3 N–H and O–H groups in total. The highest BCUT2D eigenvalue weighted by atomic mass is 16.2. The summed E-state index contributed by atoms with van der Waals surface area (Å²) in [5.74, 6) is 2.41. The highest BCUT2D eigenvalue weighted by molar-refractivity contribution is 5.81. The lowest BCUT2D eigenvalue weighted by atomic mass is 9.93. The summed E-state index contributed by atoms with van der Waals surface area (Å²) in [5.41, 5.74) is 4.92. The SMILES string of the molecule is C#CCCNC(=O)C(C)(C)CN. The van der Waals surface area contributed by atoms with E-state index in [4.69, 9.17) is 12.2 Å². The Kier molecular flexibility index (Phi) is 4.38. The van der Waals surface area contributed by atoms with Crippen LogP contribution in [0.1, 0.15) is 20.3 Å². The number of rotatable bonds is 4. The molecular formula is C9H16N2O. The minimum atomic E-state index is -0.491. The van der Waals surface area contributed by atoms with Gasteiger partial charge < -0.3 is 11.1 Å². The van der Waals surface area contributed by atoms with Crippen molar-refractivity contribution in [2.45, 2.75) is 20.3 Å². The van der Waals surface area contributed by atoms with Crippen LogP contribution < -0.4 is 11.1 Å². The number of terminal acetylenes is 1. The molecule has 0 aliphatic carbocycles. The van der Waals surface area contributed by atoms with Crippen molar-refractivity contribution in [3.8, 4) is 12.3 Å². The summed E-state index contributed by atoms with van der Waals surface area (Å²) in [7, 11) is 0. The second-order valence-electron chi connectivity index (χ2n) is 3.30. The molecule has 0 spiro atoms. The topological polar surface area (TPSA) is 55.1 Å². The Bertz CT molecular complexity index is 191. The molecule has 0 bridgehead atoms. The third kappa shape index (κ3) is 3.40. The maximum absolute atomic E-state index is 11.3. The van der Waals surface area contributed by atoms with E-state index in [2.05, 4.69) is 11.2 Å². The zero-order valence-corrected chi connectivity index (χ0v) is 7.68. The van der Waals surface area contributed by atoms with Crippen LogP contribution in [-0.4, -0.2) is 19.0 Å². The fourth-order valence-corrected chi connectivity index (χ4v) is 0.580. The molecule has 12 heavy (non-hydrogen) atoms. The van der Waals surface area contributed by atoms with Gasteiger partial charge in [-0.15, -0.1) is 12.3 Å². The highest BCUT2D eigenvalue weighted by Crippen LogP contribution is 2.11. The van der Waals surface area contributed by atoms with Crippen LogP contribution in [0, 0.1) is 17.8 Å². The van der Waals surface area contributed by atoms with Gasteiger partial charge in [0, 0.05) is 19.5 Å². The first-order chi connectivity index (χ1) is 5.54. The number of hydrogen-bond donors (Lipinski definition) is 2. The smallest absolute Gasteiger partial charge is 0.226 e. The molecule has 0 saturated heterocycles. The van der Waals surface area contributed by atoms with E-state index < -0.39 is 5.41 Å². The second kappa shape index (κ2) is 4.78. The van der Waals surface area contributed by atoms with Gasteiger partial charge in [0.05, 0.1) is 5.41 Å². The third-order valence-electron chi connectivity index (χ3n) is 1.68. The lowest BCUT2D eigenvalue weighted by molar-refractivity contribution is -0.128. The fraction of sp³-hybridized carbons (Fsp3) is 0.667. The fourth-order valence-electron chi connectivity index (χ4n) is 0.580. The normalized spacial score (nSPS) is 10.5. The van der Waals surface area contributed by atoms with Crippen LogP contribution in [0.15, 0.2) is 0 Å². The monoisotopic (exact) mass is 168 g/mol. The molecular weight excluding hydrogens is 152 g/mol. The molecule has 1 amide bonds. The van der Waals surface area contributed by atoms with Crippen molar-refractivity contribution in [3.05, 3.63) is 0 Å². The highest BCUT2D eigenvalue weighted by Gasteiger charge is 2.24. The van der Waals surface area contributed by atoms with Crippen LogP contribution >= 0.6 is 0 Å². The molecule has 0 aliphatic heterocycles. The van der Waals surface area contributed by atoms with Gasteiger partial charge in [-0.2, -0.15) is 0 Å². The van der Waals surface area contributed by atoms with E-state index in [0.29, 0.717) is 19.5 Å². The van der Waals surface area contributed by atoms with Crippen molar-refractivity contribution in [2.24, 2.45) is 11.1 Å². The van der Waals surface area contributed by atoms with Gasteiger partial charge in [-0.3, -0.25) is 4.79 Å². The van der Waals surface area contributed by atoms with E-state index in [1.165, 1.54) is 0 Å². The van der Waals surface area contributed by atoms with Gasteiger partial charge in [0.15, 0.2) is 0 Å². The van der Waals surface area contributed by atoms with E-state index in [1.807, 2.05) is 0 Å². The first kappa shape index (κ1) is 11.0. The predicted molar refractivity (Wildman–Crippen MR) is 49.3 cm³/mol. The average Bonchev–Trinajstić information content (AvgIpc) is 2.05. The summed E-state index contributed by atoms with van der Waals surface area (Å²) < 4.78 is 0. The predicted octanol–water partition coefficient (Wildman–Crippen LogP) is 0.111. The standard InChI is InChI=1S/C9H16N2O/c1-4-5-6-11-8(12)9(2,3)7-10/h1H,5-7,10H2,2-3H3,(H,11,12). The number of nitrogens with two attached hydrogens (primary N) is 1. The number of hydrogen-bond acceptors (Lipinski definition) is 2. The summed E-state index contributed by atoms with van der Waals surface area (Å²) in [6.07, 6.45) is 5.59. The van der Waals surface area contributed by atoms with Gasteiger partial charge in [0.2, 0.25) is 5.91 Å². The molecule has 0 heterocycles. The van der Waals surface area contributed by atoms with E-state index in [-0.39, 0.29) is 5.91 Å². The van der Waals surface area contributed by atoms with Crippen LogP contribution in [0.25, 0.3) is 0 Å². The van der Waals surface area contributed by atoms with Crippen molar-refractivity contribution in [3.63, 3.8) is 0 Å². The second-order valence-corrected chi connectivity index (χ2v) is 3.30. The molecule has 0 aromatic rings. The first-order valence-corrected chi connectivity index (χ1v) is 3.96. The Hall–Kier alpha value is -1.01. The number of amides is 1.